The fraction of sp³-hybridized carbons (Fsp3) is 0.389. The van der Waals surface area contributed by atoms with E-state index in [1.54, 1.807) is 35.1 Å². The lowest BCUT2D eigenvalue weighted by Gasteiger charge is -2.13. The summed E-state index contributed by atoms with van der Waals surface area (Å²) in [6.07, 6.45) is 4.25. The van der Waals surface area contributed by atoms with Crippen molar-refractivity contribution in [2.45, 2.75) is 32.2 Å². The van der Waals surface area contributed by atoms with Gasteiger partial charge in [-0.2, -0.15) is 10.4 Å². The molecule has 1 saturated carbocycles. The fourth-order valence-corrected chi connectivity index (χ4v) is 3.36. The molecular weight excluding hydrogens is 345 g/mol. The SMILES string of the molecule is CCOB(O)c1ccc(Nc2nn(C3CCC[C@@H]3C#N)cc2C(N)=O)cc1. The number of rotatable bonds is 7. The molecule has 9 heteroatoms. The van der Waals surface area contributed by atoms with Crippen molar-refractivity contribution < 1.29 is 14.5 Å². The largest absolute Gasteiger partial charge is 0.491 e. The molecule has 4 N–H and O–H groups in total. The van der Waals surface area contributed by atoms with Crippen molar-refractivity contribution in [2.75, 3.05) is 11.9 Å². The lowest BCUT2D eigenvalue weighted by Crippen LogP contribution is -2.33. The second-order valence-corrected chi connectivity index (χ2v) is 6.52. The summed E-state index contributed by atoms with van der Waals surface area (Å²) >= 11 is 0. The van der Waals surface area contributed by atoms with Gasteiger partial charge in [0.2, 0.25) is 0 Å². The van der Waals surface area contributed by atoms with Gasteiger partial charge in [-0.1, -0.05) is 12.1 Å². The Morgan fingerprint density at radius 3 is 2.85 bits per heavy atom. The molecule has 3 rings (SSSR count). The summed E-state index contributed by atoms with van der Waals surface area (Å²) in [7, 11) is -0.977. The minimum atomic E-state index is -0.977. The number of nitriles is 1. The van der Waals surface area contributed by atoms with Crippen molar-refractivity contribution in [2.24, 2.45) is 11.7 Å². The summed E-state index contributed by atoms with van der Waals surface area (Å²) in [4.78, 5) is 11.8. The Morgan fingerprint density at radius 1 is 1.48 bits per heavy atom. The van der Waals surface area contributed by atoms with Gasteiger partial charge < -0.3 is 20.7 Å². The number of nitrogens with zero attached hydrogens (tertiary/aromatic N) is 3. The van der Waals surface area contributed by atoms with Crippen LogP contribution in [0.15, 0.2) is 30.5 Å². The zero-order valence-electron chi connectivity index (χ0n) is 15.1. The first-order valence-corrected chi connectivity index (χ1v) is 8.98. The molecule has 1 aliphatic carbocycles. The summed E-state index contributed by atoms with van der Waals surface area (Å²) in [6.45, 7) is 2.22. The minimum Gasteiger partial charge on any atom is -0.423 e. The van der Waals surface area contributed by atoms with Crippen LogP contribution < -0.4 is 16.5 Å². The van der Waals surface area contributed by atoms with Gasteiger partial charge in [0.05, 0.1) is 18.0 Å². The van der Waals surface area contributed by atoms with Gasteiger partial charge in [0.25, 0.3) is 5.91 Å². The molecule has 2 aromatic rings. The van der Waals surface area contributed by atoms with Gasteiger partial charge in [-0.25, -0.2) is 0 Å². The predicted octanol–water partition coefficient (Wildman–Crippen LogP) is 1.31. The van der Waals surface area contributed by atoms with Gasteiger partial charge in [-0.3, -0.25) is 9.48 Å². The highest BCUT2D eigenvalue weighted by Crippen LogP contribution is 2.36. The first kappa shape index (κ1) is 19.0. The molecule has 1 heterocycles. The number of benzene rings is 1. The normalized spacial score (nSPS) is 18.9. The van der Waals surface area contributed by atoms with E-state index in [9.17, 15) is 15.1 Å². The molecule has 27 heavy (non-hydrogen) atoms. The molecule has 0 aliphatic heterocycles. The van der Waals surface area contributed by atoms with Crippen LogP contribution in [0.4, 0.5) is 11.5 Å². The second kappa shape index (κ2) is 8.25. The number of amides is 1. The van der Waals surface area contributed by atoms with E-state index in [0.717, 1.165) is 19.3 Å². The summed E-state index contributed by atoms with van der Waals surface area (Å²) in [5.74, 6) is -0.347. The van der Waals surface area contributed by atoms with Crippen molar-refractivity contribution in [3.8, 4) is 6.07 Å². The first-order valence-electron chi connectivity index (χ1n) is 8.98. The molecule has 140 valence electrons. The highest BCUT2D eigenvalue weighted by molar-refractivity contribution is 6.59. The monoisotopic (exact) mass is 367 g/mol. The van der Waals surface area contributed by atoms with E-state index in [1.807, 2.05) is 6.92 Å². The average molecular weight is 367 g/mol. The van der Waals surface area contributed by atoms with Crippen molar-refractivity contribution in [1.82, 2.24) is 9.78 Å². The van der Waals surface area contributed by atoms with Crippen LogP contribution in [0.2, 0.25) is 0 Å². The van der Waals surface area contributed by atoms with Crippen LogP contribution in [0, 0.1) is 17.2 Å². The first-order chi connectivity index (χ1) is 13.0. The standard InChI is InChI=1S/C18H22BN5O3/c1-2-27-19(26)13-6-8-14(9-7-13)22-18-15(17(21)25)11-24(23-18)16-5-3-4-12(16)10-20/h6-9,11-12,16,26H,2-5H2,1H3,(H2,21,25)(H,22,23)/t12-,16?/m1/s1. The van der Waals surface area contributed by atoms with Crippen LogP contribution in [0.1, 0.15) is 42.6 Å². The number of hydrogen-bond acceptors (Lipinski definition) is 6. The number of aromatic nitrogens is 2. The maximum atomic E-state index is 11.8. The van der Waals surface area contributed by atoms with Crippen molar-refractivity contribution in [1.29, 1.82) is 5.26 Å². The van der Waals surface area contributed by atoms with Crippen LogP contribution in [-0.4, -0.2) is 34.4 Å². The number of anilines is 2. The second-order valence-electron chi connectivity index (χ2n) is 6.52. The Kier molecular flexibility index (Phi) is 5.79. The van der Waals surface area contributed by atoms with E-state index in [0.29, 0.717) is 23.6 Å². The Hall–Kier alpha value is -2.83. The molecular formula is C18H22BN5O3. The molecule has 1 aromatic heterocycles. The molecule has 0 radical (unpaired) electrons. The summed E-state index contributed by atoms with van der Waals surface area (Å²) in [6, 6.07) is 9.24. The van der Waals surface area contributed by atoms with Crippen LogP contribution in [0.3, 0.4) is 0 Å². The number of carbonyl (C=O) groups excluding carboxylic acids is 1. The number of nitrogens with two attached hydrogens (primary N) is 1. The lowest BCUT2D eigenvalue weighted by molar-refractivity contribution is 0.100. The summed E-state index contributed by atoms with van der Waals surface area (Å²) < 4.78 is 6.83. The maximum absolute atomic E-state index is 11.8. The number of primary amides is 1. The predicted molar refractivity (Wildman–Crippen MR) is 102 cm³/mol. The van der Waals surface area contributed by atoms with E-state index in [-0.39, 0.29) is 17.5 Å². The van der Waals surface area contributed by atoms with Crippen molar-refractivity contribution in [3.63, 3.8) is 0 Å². The van der Waals surface area contributed by atoms with E-state index in [1.165, 1.54) is 0 Å². The zero-order chi connectivity index (χ0) is 19.4. The van der Waals surface area contributed by atoms with Crippen molar-refractivity contribution in [3.05, 3.63) is 36.0 Å². The molecule has 1 aromatic carbocycles. The number of nitrogens with one attached hydrogen (secondary N) is 1. The topological polar surface area (TPSA) is 126 Å². The maximum Gasteiger partial charge on any atom is 0.491 e. The Bertz CT molecular complexity index is 846. The molecule has 8 nitrogen and oxygen atoms in total. The zero-order valence-corrected chi connectivity index (χ0v) is 15.1. The van der Waals surface area contributed by atoms with E-state index in [4.69, 9.17) is 10.4 Å². The summed E-state index contributed by atoms with van der Waals surface area (Å²) in [5, 5.41) is 26.7. The minimum absolute atomic E-state index is 0.0487. The fourth-order valence-electron chi connectivity index (χ4n) is 3.36. The molecule has 0 saturated heterocycles. The van der Waals surface area contributed by atoms with E-state index < -0.39 is 13.0 Å². The highest BCUT2D eigenvalue weighted by Gasteiger charge is 2.30. The van der Waals surface area contributed by atoms with Gasteiger partial charge in [-0.05, 0) is 43.8 Å². The van der Waals surface area contributed by atoms with Crippen LogP contribution >= 0.6 is 0 Å². The van der Waals surface area contributed by atoms with Crippen LogP contribution in [-0.2, 0) is 4.65 Å². The van der Waals surface area contributed by atoms with Gasteiger partial charge >= 0.3 is 7.12 Å². The van der Waals surface area contributed by atoms with E-state index in [2.05, 4.69) is 16.5 Å². The summed E-state index contributed by atoms with van der Waals surface area (Å²) in [5.41, 5.74) is 7.10. The van der Waals surface area contributed by atoms with Gasteiger partial charge in [0, 0.05) is 18.5 Å². The lowest BCUT2D eigenvalue weighted by atomic mass is 9.79. The van der Waals surface area contributed by atoms with Crippen molar-refractivity contribution >= 4 is 30.0 Å². The molecule has 1 amide bonds. The third kappa shape index (κ3) is 4.13. The average Bonchev–Trinajstić information content (AvgIpc) is 3.29. The van der Waals surface area contributed by atoms with Gasteiger partial charge in [0.1, 0.15) is 5.56 Å². The molecule has 2 atom stereocenters. The Balaban J connectivity index is 1.82. The third-order valence-electron chi connectivity index (χ3n) is 4.77. The van der Waals surface area contributed by atoms with E-state index >= 15 is 0 Å². The highest BCUT2D eigenvalue weighted by atomic mass is 16.5. The van der Waals surface area contributed by atoms with Crippen LogP contribution in [0.25, 0.3) is 0 Å². The molecule has 1 fully saturated rings. The Labute approximate surface area is 158 Å². The molecule has 0 bridgehead atoms. The Morgan fingerprint density at radius 2 is 2.22 bits per heavy atom. The number of hydrogen-bond donors (Lipinski definition) is 3. The smallest absolute Gasteiger partial charge is 0.423 e. The molecule has 0 spiro atoms. The quantitative estimate of drug-likeness (QED) is 0.634. The van der Waals surface area contributed by atoms with Crippen LogP contribution in [0.5, 0.6) is 0 Å². The third-order valence-corrected chi connectivity index (χ3v) is 4.77. The molecule has 1 unspecified atom stereocenters. The molecule has 1 aliphatic rings. The number of carbonyl (C=O) groups is 1. The van der Waals surface area contributed by atoms with Gasteiger partial charge in [-0.15, -0.1) is 0 Å². The van der Waals surface area contributed by atoms with Gasteiger partial charge in [0.15, 0.2) is 5.82 Å².